The molecule has 17 heteroatoms. The van der Waals surface area contributed by atoms with Gasteiger partial charge in [-0.2, -0.15) is 16.7 Å². The van der Waals surface area contributed by atoms with Crippen LogP contribution in [0.15, 0.2) is 27.7 Å². The topological polar surface area (TPSA) is 180 Å². The van der Waals surface area contributed by atoms with E-state index in [1.807, 2.05) is 0 Å². The summed E-state index contributed by atoms with van der Waals surface area (Å²) in [5.74, 6) is -0.115. The summed E-state index contributed by atoms with van der Waals surface area (Å²) in [6, 6.07) is 0.961. The van der Waals surface area contributed by atoms with Crippen molar-refractivity contribution in [3.63, 3.8) is 0 Å². The molecule has 2 heterocycles. The largest absolute Gasteiger partial charge is 0.543 e. The standard InChI is InChI=1S/C30H42BrN5O9SSi/c1-9-10-42-29(40)33-12-22-35-27(44-36-22)19-16-46-15-18-20(45-47(7,8)30(4,5)17(2)3)11-21(41-6)26(31)25(18)28(39)43-14-24(38)32-13-23(37)34-19/h9,11,17,19H,1,10,12-16H2,2-8H3,(H,32,38)(H,33,40)(H,34,37)/t19-/m0/s1. The summed E-state index contributed by atoms with van der Waals surface area (Å²) in [4.78, 5) is 55.0. The highest BCUT2D eigenvalue weighted by Crippen LogP contribution is 2.47. The minimum atomic E-state index is -2.49. The van der Waals surface area contributed by atoms with Crippen molar-refractivity contribution < 1.29 is 42.3 Å². The molecular weight excluding hydrogens is 714 g/mol. The van der Waals surface area contributed by atoms with Gasteiger partial charge >= 0.3 is 12.1 Å². The molecule has 14 nitrogen and oxygen atoms in total. The third-order valence-electron chi connectivity index (χ3n) is 8.23. The number of hydrogen-bond acceptors (Lipinski definition) is 12. The Bertz CT molecular complexity index is 1480. The zero-order valence-corrected chi connectivity index (χ0v) is 31.0. The monoisotopic (exact) mass is 755 g/mol. The number of nitrogens with zero attached hydrogens (tertiary/aromatic N) is 2. The Labute approximate surface area is 287 Å². The maximum Gasteiger partial charge on any atom is 0.407 e. The van der Waals surface area contributed by atoms with Crippen molar-refractivity contribution in [2.75, 3.05) is 32.6 Å². The lowest BCUT2D eigenvalue weighted by Gasteiger charge is -2.43. The van der Waals surface area contributed by atoms with Gasteiger partial charge in [0.25, 0.3) is 14.2 Å². The van der Waals surface area contributed by atoms with Gasteiger partial charge in [0.15, 0.2) is 12.4 Å². The third kappa shape index (κ3) is 9.73. The van der Waals surface area contributed by atoms with E-state index in [2.05, 4.69) is 89.4 Å². The minimum absolute atomic E-state index is 0.0390. The number of nitrogens with one attached hydrogen (secondary N) is 3. The molecule has 0 fully saturated rings. The molecule has 1 atom stereocenters. The van der Waals surface area contributed by atoms with Gasteiger partial charge in [0.1, 0.15) is 24.1 Å². The number of rotatable bonds is 10. The predicted octanol–water partition coefficient (Wildman–Crippen LogP) is 4.65. The molecule has 1 aromatic carbocycles. The summed E-state index contributed by atoms with van der Waals surface area (Å²) in [7, 11) is -1.01. The predicted molar refractivity (Wildman–Crippen MR) is 181 cm³/mol. The van der Waals surface area contributed by atoms with Crippen LogP contribution in [0.2, 0.25) is 18.1 Å². The maximum absolute atomic E-state index is 13.6. The molecule has 258 valence electrons. The smallest absolute Gasteiger partial charge is 0.407 e. The van der Waals surface area contributed by atoms with Gasteiger partial charge in [0.05, 0.1) is 30.2 Å². The summed E-state index contributed by atoms with van der Waals surface area (Å²) in [5, 5.41) is 11.5. The molecule has 1 aromatic heterocycles. The molecule has 1 aliphatic rings. The van der Waals surface area contributed by atoms with Gasteiger partial charge in [0.2, 0.25) is 11.8 Å². The average molecular weight is 757 g/mol. The van der Waals surface area contributed by atoms with Crippen molar-refractivity contribution >= 4 is 59.9 Å². The van der Waals surface area contributed by atoms with Crippen molar-refractivity contribution in [2.45, 2.75) is 64.2 Å². The first-order valence-electron chi connectivity index (χ1n) is 14.8. The van der Waals surface area contributed by atoms with Crippen LogP contribution in [0.5, 0.6) is 11.5 Å². The molecule has 47 heavy (non-hydrogen) atoms. The van der Waals surface area contributed by atoms with E-state index in [1.165, 1.54) is 24.9 Å². The first-order valence-corrected chi connectivity index (χ1v) is 19.7. The normalized spacial score (nSPS) is 16.6. The molecule has 0 bridgehead atoms. The Morgan fingerprint density at radius 1 is 1.28 bits per heavy atom. The van der Waals surface area contributed by atoms with Crippen molar-refractivity contribution in [3.8, 4) is 11.5 Å². The highest BCUT2D eigenvalue weighted by molar-refractivity contribution is 9.10. The lowest BCUT2D eigenvalue weighted by atomic mass is 9.99. The molecule has 3 N–H and O–H groups in total. The first-order chi connectivity index (χ1) is 22.1. The Morgan fingerprint density at radius 2 is 2.00 bits per heavy atom. The number of fused-ring (bicyclic) bond motifs is 1. The van der Waals surface area contributed by atoms with Crippen LogP contribution in [0, 0.1) is 5.92 Å². The van der Waals surface area contributed by atoms with Gasteiger partial charge in [-0.05, 0) is 40.0 Å². The molecule has 0 spiro atoms. The maximum atomic E-state index is 13.6. The first kappa shape index (κ1) is 37.9. The van der Waals surface area contributed by atoms with Crippen LogP contribution in [0.4, 0.5) is 4.79 Å². The Balaban J connectivity index is 2.00. The number of ether oxygens (including phenoxy) is 3. The zero-order chi connectivity index (χ0) is 34.9. The summed E-state index contributed by atoms with van der Waals surface area (Å²) < 4.78 is 28.5. The van der Waals surface area contributed by atoms with Crippen LogP contribution < -0.4 is 25.1 Å². The van der Waals surface area contributed by atoms with Crippen LogP contribution in [0.3, 0.4) is 0 Å². The van der Waals surface area contributed by atoms with Crippen LogP contribution in [-0.4, -0.2) is 75.0 Å². The van der Waals surface area contributed by atoms with Crippen molar-refractivity contribution in [1.29, 1.82) is 0 Å². The van der Waals surface area contributed by atoms with E-state index < -0.39 is 44.8 Å². The zero-order valence-electron chi connectivity index (χ0n) is 27.6. The van der Waals surface area contributed by atoms with Crippen LogP contribution in [0.25, 0.3) is 0 Å². The Hall–Kier alpha value is -3.57. The average Bonchev–Trinajstić information content (AvgIpc) is 3.49. The van der Waals surface area contributed by atoms with Gasteiger partial charge in [-0.25, -0.2) is 9.59 Å². The molecule has 0 saturated carbocycles. The number of carbonyl (C=O) groups is 4. The summed E-state index contributed by atoms with van der Waals surface area (Å²) in [6.45, 7) is 15.3. The summed E-state index contributed by atoms with van der Waals surface area (Å²) >= 11 is 4.89. The third-order valence-corrected chi connectivity index (χ3v) is 14.5. The van der Waals surface area contributed by atoms with Gasteiger partial charge in [-0.3, -0.25) is 9.59 Å². The number of hydrogen-bond donors (Lipinski definition) is 3. The second-order valence-corrected chi connectivity index (χ2v) is 18.3. The second kappa shape index (κ2) is 16.5. The minimum Gasteiger partial charge on any atom is -0.543 e. The molecule has 3 rings (SSSR count). The number of methoxy groups -OCH3 is 1. The van der Waals surface area contributed by atoms with E-state index in [0.29, 0.717) is 27.5 Å². The van der Waals surface area contributed by atoms with E-state index in [4.69, 9.17) is 23.2 Å². The van der Waals surface area contributed by atoms with Crippen LogP contribution in [0.1, 0.15) is 61.4 Å². The Morgan fingerprint density at radius 3 is 2.66 bits per heavy atom. The molecule has 1 aliphatic heterocycles. The van der Waals surface area contributed by atoms with Crippen LogP contribution in [-0.2, 0) is 31.4 Å². The van der Waals surface area contributed by atoms with E-state index in [-0.39, 0.29) is 53.5 Å². The molecule has 3 amide bonds. The quantitative estimate of drug-likeness (QED) is 0.174. The summed E-state index contributed by atoms with van der Waals surface area (Å²) in [5.41, 5.74) is 0.697. The van der Waals surface area contributed by atoms with Gasteiger partial charge in [0, 0.05) is 23.1 Å². The number of benzene rings is 1. The number of aromatic nitrogens is 2. The van der Waals surface area contributed by atoms with Crippen molar-refractivity contribution in [1.82, 2.24) is 26.1 Å². The fourth-order valence-electron chi connectivity index (χ4n) is 4.30. The van der Waals surface area contributed by atoms with E-state index in [0.717, 1.165) is 0 Å². The molecule has 0 unspecified atom stereocenters. The van der Waals surface area contributed by atoms with Gasteiger partial charge in [-0.15, -0.1) is 0 Å². The number of alkyl carbamates (subject to hydrolysis) is 1. The highest BCUT2D eigenvalue weighted by Gasteiger charge is 2.45. The second-order valence-electron chi connectivity index (χ2n) is 12.0. The number of cyclic esters (lactones) is 1. The number of carbonyl (C=O) groups excluding carboxylic acids is 4. The molecule has 2 aromatic rings. The highest BCUT2D eigenvalue weighted by atomic mass is 79.9. The number of halogens is 1. The molecule has 0 aliphatic carbocycles. The van der Waals surface area contributed by atoms with E-state index >= 15 is 0 Å². The molecular formula is C30H42BrN5O9SSi. The van der Waals surface area contributed by atoms with Crippen molar-refractivity contribution in [2.24, 2.45) is 5.92 Å². The molecule has 0 radical (unpaired) electrons. The Kier molecular flexibility index (Phi) is 13.3. The SMILES string of the molecule is C=CCOC(=O)NCc1noc([C@@H]2CSCc3c(O[Si](C)(C)C(C)(C)C(C)C)cc(OC)c(Br)c3C(=O)OCC(=O)NCC(=O)N2)n1. The van der Waals surface area contributed by atoms with E-state index in [9.17, 15) is 19.2 Å². The van der Waals surface area contributed by atoms with E-state index in [1.54, 1.807) is 6.07 Å². The molecule has 0 saturated heterocycles. The van der Waals surface area contributed by atoms with Crippen LogP contribution >= 0.6 is 27.7 Å². The number of esters is 1. The van der Waals surface area contributed by atoms with Crippen molar-refractivity contribution in [3.05, 3.63) is 46.0 Å². The number of amides is 3. The fraction of sp³-hybridized carbons (Fsp3) is 0.533. The lowest BCUT2D eigenvalue weighted by Crippen LogP contribution is -2.48. The lowest BCUT2D eigenvalue weighted by molar-refractivity contribution is -0.128. The van der Waals surface area contributed by atoms with Gasteiger partial charge in [-0.1, -0.05) is 45.5 Å². The summed E-state index contributed by atoms with van der Waals surface area (Å²) in [6.07, 6.45) is 0.748. The fourth-order valence-corrected chi connectivity index (χ4v) is 8.43. The van der Waals surface area contributed by atoms with Gasteiger partial charge < -0.3 is 39.1 Å². The number of thioether (sulfide) groups is 1.